The Bertz CT molecular complexity index is 2520. The van der Waals surface area contributed by atoms with Crippen LogP contribution in [0.25, 0.3) is 71.2 Å². The van der Waals surface area contributed by atoms with Crippen molar-refractivity contribution in [2.45, 2.75) is 0 Å². The maximum Gasteiger partial charge on any atom is 0.266 e. The Morgan fingerprint density at radius 3 is 1.67 bits per heavy atom. The van der Waals surface area contributed by atoms with Gasteiger partial charge in [-0.1, -0.05) is 97.1 Å². The van der Waals surface area contributed by atoms with Crippen LogP contribution in [0.5, 0.6) is 0 Å². The molecule has 9 rings (SSSR count). The standard InChI is InChI=1S/C39H22N2O2/c42-37-34-22-26(17-19-36(34)41-38(37)40-35-15-6-5-14-32(35)39(41)43)24-9-7-8-23(20-24)25-16-18-31-29-12-2-1-10-27(29)28-11-3-4-13-30(28)33(31)21-25/h1-22H. The number of aromatic nitrogens is 2. The van der Waals surface area contributed by atoms with E-state index in [-0.39, 0.29) is 17.2 Å². The molecule has 7 aromatic carbocycles. The number of carbonyl (C=O) groups excluding carboxylic acids is 1. The molecule has 1 aromatic heterocycles. The topological polar surface area (TPSA) is 52.0 Å². The van der Waals surface area contributed by atoms with Gasteiger partial charge in [-0.3, -0.25) is 14.2 Å². The molecule has 4 heteroatoms. The summed E-state index contributed by atoms with van der Waals surface area (Å²) in [5.41, 5.74) is 5.51. The molecule has 0 spiro atoms. The summed E-state index contributed by atoms with van der Waals surface area (Å²) in [6, 6.07) is 45.2. The molecule has 0 atom stereocenters. The molecule has 0 radical (unpaired) electrons. The number of rotatable bonds is 2. The number of benzene rings is 7. The second kappa shape index (κ2) is 8.81. The van der Waals surface area contributed by atoms with Gasteiger partial charge in [0, 0.05) is 0 Å². The first-order valence-electron chi connectivity index (χ1n) is 14.3. The lowest BCUT2D eigenvalue weighted by Gasteiger charge is -2.13. The van der Waals surface area contributed by atoms with E-state index in [4.69, 9.17) is 0 Å². The highest BCUT2D eigenvalue weighted by Gasteiger charge is 2.30. The molecule has 8 aromatic rings. The second-order valence-corrected chi connectivity index (χ2v) is 11.1. The van der Waals surface area contributed by atoms with E-state index in [1.807, 2.05) is 30.3 Å². The predicted octanol–water partition coefficient (Wildman–Crippen LogP) is 8.72. The minimum atomic E-state index is -0.232. The van der Waals surface area contributed by atoms with Gasteiger partial charge in [0.15, 0.2) is 5.82 Å². The second-order valence-electron chi connectivity index (χ2n) is 11.1. The molecule has 1 aliphatic rings. The third-order valence-electron chi connectivity index (χ3n) is 8.73. The third-order valence-corrected chi connectivity index (χ3v) is 8.73. The van der Waals surface area contributed by atoms with Crippen LogP contribution in [0.1, 0.15) is 16.2 Å². The van der Waals surface area contributed by atoms with Crippen LogP contribution >= 0.6 is 0 Å². The lowest BCUT2D eigenvalue weighted by Crippen LogP contribution is -2.21. The van der Waals surface area contributed by atoms with E-state index in [0.717, 1.165) is 22.3 Å². The predicted molar refractivity (Wildman–Crippen MR) is 174 cm³/mol. The fraction of sp³-hybridized carbons (Fsp3) is 0. The van der Waals surface area contributed by atoms with E-state index in [1.165, 1.54) is 36.9 Å². The Balaban J connectivity index is 1.17. The maximum atomic E-state index is 13.5. The van der Waals surface area contributed by atoms with Crippen molar-refractivity contribution >= 4 is 49.0 Å². The Kier molecular flexibility index (Phi) is 4.88. The summed E-state index contributed by atoms with van der Waals surface area (Å²) in [5, 5.41) is 7.97. The summed E-state index contributed by atoms with van der Waals surface area (Å²) >= 11 is 0. The van der Waals surface area contributed by atoms with E-state index in [9.17, 15) is 9.59 Å². The molecular weight excluding hydrogens is 528 g/mol. The molecule has 0 unspecified atom stereocenters. The average Bonchev–Trinajstić information content (AvgIpc) is 3.35. The fourth-order valence-electron chi connectivity index (χ4n) is 6.69. The zero-order valence-corrected chi connectivity index (χ0v) is 22.9. The van der Waals surface area contributed by atoms with Crippen LogP contribution in [0.2, 0.25) is 0 Å². The molecule has 1 aliphatic heterocycles. The van der Waals surface area contributed by atoms with Crippen LogP contribution in [0.15, 0.2) is 138 Å². The van der Waals surface area contributed by atoms with Crippen LogP contribution in [-0.4, -0.2) is 15.3 Å². The highest BCUT2D eigenvalue weighted by molar-refractivity contribution is 6.25. The molecule has 0 amide bonds. The zero-order chi connectivity index (χ0) is 28.7. The van der Waals surface area contributed by atoms with Gasteiger partial charge >= 0.3 is 0 Å². The fourth-order valence-corrected chi connectivity index (χ4v) is 6.69. The molecule has 0 N–H and O–H groups in total. The van der Waals surface area contributed by atoms with E-state index < -0.39 is 0 Å². The molecule has 0 saturated carbocycles. The van der Waals surface area contributed by atoms with Crippen molar-refractivity contribution in [2.75, 3.05) is 0 Å². The van der Waals surface area contributed by atoms with Crippen molar-refractivity contribution in [2.24, 2.45) is 0 Å². The number of hydrogen-bond acceptors (Lipinski definition) is 3. The van der Waals surface area contributed by atoms with Crippen molar-refractivity contribution in [1.29, 1.82) is 0 Å². The van der Waals surface area contributed by atoms with Crippen LogP contribution in [-0.2, 0) is 0 Å². The largest absolute Gasteiger partial charge is 0.285 e. The first kappa shape index (κ1) is 23.8. The molecular formula is C39H22N2O2. The van der Waals surface area contributed by atoms with Gasteiger partial charge < -0.3 is 0 Å². The van der Waals surface area contributed by atoms with Gasteiger partial charge in [-0.15, -0.1) is 0 Å². The molecule has 0 bridgehead atoms. The molecule has 0 saturated heterocycles. The summed E-state index contributed by atoms with van der Waals surface area (Å²) < 4.78 is 1.45. The third kappa shape index (κ3) is 3.41. The van der Waals surface area contributed by atoms with Crippen molar-refractivity contribution in [1.82, 2.24) is 9.55 Å². The number of carbonyl (C=O) groups is 1. The van der Waals surface area contributed by atoms with Crippen LogP contribution in [0.3, 0.4) is 0 Å². The molecule has 0 fully saturated rings. The number of para-hydroxylation sites is 1. The Morgan fingerprint density at radius 2 is 0.977 bits per heavy atom. The lowest BCUT2D eigenvalue weighted by molar-refractivity contribution is 0.103. The van der Waals surface area contributed by atoms with Crippen molar-refractivity contribution in [3.63, 3.8) is 0 Å². The minimum Gasteiger partial charge on any atom is -0.285 e. The molecule has 2 heterocycles. The first-order chi connectivity index (χ1) is 21.2. The van der Waals surface area contributed by atoms with Crippen LogP contribution < -0.4 is 5.56 Å². The van der Waals surface area contributed by atoms with E-state index >= 15 is 0 Å². The lowest BCUT2D eigenvalue weighted by atomic mass is 9.91. The number of nitrogens with zero attached hydrogens (tertiary/aromatic N) is 2. The highest BCUT2D eigenvalue weighted by Crippen LogP contribution is 2.38. The van der Waals surface area contributed by atoms with Gasteiger partial charge in [0.05, 0.1) is 22.2 Å². The van der Waals surface area contributed by atoms with E-state index in [0.29, 0.717) is 22.2 Å². The van der Waals surface area contributed by atoms with Gasteiger partial charge in [0.2, 0.25) is 5.78 Å². The zero-order valence-electron chi connectivity index (χ0n) is 22.9. The van der Waals surface area contributed by atoms with Gasteiger partial charge in [-0.05, 0) is 91.0 Å². The van der Waals surface area contributed by atoms with Crippen LogP contribution in [0.4, 0.5) is 0 Å². The normalized spacial score (nSPS) is 12.3. The summed E-state index contributed by atoms with van der Waals surface area (Å²) in [6.07, 6.45) is 0. The van der Waals surface area contributed by atoms with Crippen molar-refractivity contribution in [3.05, 3.63) is 155 Å². The molecule has 200 valence electrons. The molecule has 43 heavy (non-hydrogen) atoms. The Morgan fingerprint density at radius 1 is 0.442 bits per heavy atom. The van der Waals surface area contributed by atoms with Gasteiger partial charge in [0.1, 0.15) is 0 Å². The smallest absolute Gasteiger partial charge is 0.266 e. The quantitative estimate of drug-likeness (QED) is 0.202. The average molecular weight is 551 g/mol. The first-order valence-corrected chi connectivity index (χ1v) is 14.3. The highest BCUT2D eigenvalue weighted by atomic mass is 16.1. The Hall–Kier alpha value is -5.87. The summed E-state index contributed by atoms with van der Waals surface area (Å²) in [4.78, 5) is 31.3. The summed E-state index contributed by atoms with van der Waals surface area (Å²) in [7, 11) is 0. The van der Waals surface area contributed by atoms with Gasteiger partial charge in [-0.2, -0.15) is 0 Å². The van der Waals surface area contributed by atoms with E-state index in [1.54, 1.807) is 12.1 Å². The minimum absolute atomic E-state index is 0.167. The van der Waals surface area contributed by atoms with Gasteiger partial charge in [0.25, 0.3) is 5.56 Å². The maximum absolute atomic E-state index is 13.5. The number of hydrogen-bond donors (Lipinski definition) is 0. The SMILES string of the molecule is O=C1c2cc(-c3cccc(-c4ccc5c6ccccc6c6ccccc6c5c4)c3)ccc2-n2c1nc1ccccc1c2=O. The van der Waals surface area contributed by atoms with Gasteiger partial charge in [-0.25, -0.2) is 4.98 Å². The number of fused-ring (bicyclic) bond motifs is 10. The van der Waals surface area contributed by atoms with Crippen molar-refractivity contribution in [3.8, 4) is 27.9 Å². The molecule has 4 nitrogen and oxygen atoms in total. The summed E-state index contributed by atoms with van der Waals surface area (Å²) in [5.74, 6) is -0.0648. The van der Waals surface area contributed by atoms with Crippen molar-refractivity contribution < 1.29 is 4.79 Å². The Labute approximate surface area is 246 Å². The van der Waals surface area contributed by atoms with Crippen LogP contribution in [0, 0.1) is 0 Å². The van der Waals surface area contributed by atoms with E-state index in [2.05, 4.69) is 96.0 Å². The molecule has 0 aliphatic carbocycles. The summed E-state index contributed by atoms with van der Waals surface area (Å²) in [6.45, 7) is 0. The number of ketones is 1. The monoisotopic (exact) mass is 550 g/mol.